The molecule has 0 saturated carbocycles. The molecular formula is C18H18BrClN2O3. The van der Waals surface area contributed by atoms with Gasteiger partial charge in [0, 0.05) is 10.7 Å². The van der Waals surface area contributed by atoms with Gasteiger partial charge in [0.05, 0.1) is 11.0 Å². The van der Waals surface area contributed by atoms with Crippen molar-refractivity contribution in [3.8, 4) is 5.75 Å². The molecule has 7 heteroatoms. The molecule has 0 atom stereocenters. The fraction of sp³-hybridized carbons (Fsp3) is 0.222. The van der Waals surface area contributed by atoms with Crippen LogP contribution >= 0.6 is 27.5 Å². The first kappa shape index (κ1) is 19.3. The summed E-state index contributed by atoms with van der Waals surface area (Å²) in [5, 5.41) is 5.88. The Balaban J connectivity index is 1.78. The number of nitrogens with one attached hydrogen (secondary N) is 2. The number of ether oxygens (including phenoxy) is 1. The first-order chi connectivity index (χ1) is 12.0. The number of benzene rings is 2. The molecule has 2 rings (SSSR count). The van der Waals surface area contributed by atoms with Crippen LogP contribution in [0.5, 0.6) is 5.75 Å². The van der Waals surface area contributed by atoms with Crippen LogP contribution in [0.15, 0.2) is 46.9 Å². The van der Waals surface area contributed by atoms with Gasteiger partial charge in [0.25, 0.3) is 5.91 Å². The summed E-state index contributed by atoms with van der Waals surface area (Å²) in [5.74, 6) is -0.177. The summed E-state index contributed by atoms with van der Waals surface area (Å²) >= 11 is 9.15. The van der Waals surface area contributed by atoms with Crippen LogP contribution in [-0.2, 0) is 16.0 Å². The standard InChI is InChI=1S/C18H18BrClN2O3/c1-2-12-5-3-4-6-15(12)22-17(23)10-21-18(24)11-25-16-8-7-13(20)9-14(16)19/h3-9H,2,10-11H2,1H3,(H,21,24)(H,22,23). The van der Waals surface area contributed by atoms with Gasteiger partial charge < -0.3 is 15.4 Å². The summed E-state index contributed by atoms with van der Waals surface area (Å²) in [7, 11) is 0. The zero-order valence-electron chi connectivity index (χ0n) is 13.6. The molecule has 2 amide bonds. The summed E-state index contributed by atoms with van der Waals surface area (Å²) in [6, 6.07) is 12.6. The number of carbonyl (C=O) groups is 2. The van der Waals surface area contributed by atoms with Gasteiger partial charge >= 0.3 is 0 Å². The maximum absolute atomic E-state index is 12.0. The van der Waals surface area contributed by atoms with Crippen LogP contribution in [0, 0.1) is 0 Å². The second-order valence-corrected chi connectivity index (χ2v) is 6.49. The number of carbonyl (C=O) groups excluding carboxylic acids is 2. The predicted molar refractivity (Wildman–Crippen MR) is 102 cm³/mol. The fourth-order valence-corrected chi connectivity index (χ4v) is 2.91. The van der Waals surface area contributed by atoms with Crippen molar-refractivity contribution in [3.63, 3.8) is 0 Å². The van der Waals surface area contributed by atoms with E-state index in [9.17, 15) is 9.59 Å². The molecule has 0 saturated heterocycles. The summed E-state index contributed by atoms with van der Waals surface area (Å²) in [4.78, 5) is 23.8. The van der Waals surface area contributed by atoms with Gasteiger partial charge in [0.2, 0.25) is 5.91 Å². The van der Waals surface area contributed by atoms with E-state index in [1.165, 1.54) is 0 Å². The Hall–Kier alpha value is -2.05. The van der Waals surface area contributed by atoms with E-state index < -0.39 is 0 Å². The monoisotopic (exact) mass is 424 g/mol. The number of aryl methyl sites for hydroxylation is 1. The van der Waals surface area contributed by atoms with Crippen molar-refractivity contribution in [2.45, 2.75) is 13.3 Å². The lowest BCUT2D eigenvalue weighted by Gasteiger charge is -2.11. The molecule has 2 N–H and O–H groups in total. The molecule has 0 aliphatic heterocycles. The SMILES string of the molecule is CCc1ccccc1NC(=O)CNC(=O)COc1ccc(Cl)cc1Br. The van der Waals surface area contributed by atoms with Gasteiger partial charge in [-0.15, -0.1) is 0 Å². The van der Waals surface area contributed by atoms with E-state index in [0.29, 0.717) is 15.2 Å². The number of halogens is 2. The zero-order chi connectivity index (χ0) is 18.2. The van der Waals surface area contributed by atoms with E-state index in [0.717, 1.165) is 17.7 Å². The maximum Gasteiger partial charge on any atom is 0.258 e. The van der Waals surface area contributed by atoms with Crippen molar-refractivity contribution in [1.29, 1.82) is 0 Å². The highest BCUT2D eigenvalue weighted by Gasteiger charge is 2.09. The molecule has 0 heterocycles. The average molecular weight is 426 g/mol. The van der Waals surface area contributed by atoms with Crippen LogP contribution in [0.25, 0.3) is 0 Å². The van der Waals surface area contributed by atoms with E-state index >= 15 is 0 Å². The maximum atomic E-state index is 12.0. The van der Waals surface area contributed by atoms with Gasteiger partial charge in [-0.25, -0.2) is 0 Å². The van der Waals surface area contributed by atoms with E-state index in [4.69, 9.17) is 16.3 Å². The highest BCUT2D eigenvalue weighted by Crippen LogP contribution is 2.27. The molecule has 0 aromatic heterocycles. The third-order valence-corrected chi connectivity index (χ3v) is 4.23. The van der Waals surface area contributed by atoms with Crippen LogP contribution < -0.4 is 15.4 Å². The zero-order valence-corrected chi connectivity index (χ0v) is 16.0. The van der Waals surface area contributed by atoms with Crippen molar-refractivity contribution in [2.75, 3.05) is 18.5 Å². The lowest BCUT2D eigenvalue weighted by molar-refractivity contribution is -0.125. The van der Waals surface area contributed by atoms with Crippen LogP contribution in [0.3, 0.4) is 0 Å². The third-order valence-electron chi connectivity index (χ3n) is 3.37. The quantitative estimate of drug-likeness (QED) is 0.709. The van der Waals surface area contributed by atoms with E-state index in [-0.39, 0.29) is 25.0 Å². The Labute approximate surface area is 159 Å². The van der Waals surface area contributed by atoms with Crippen molar-refractivity contribution >= 4 is 45.0 Å². The Bertz CT molecular complexity index is 768. The summed E-state index contributed by atoms with van der Waals surface area (Å²) in [6.07, 6.45) is 0.812. The van der Waals surface area contributed by atoms with Gasteiger partial charge in [-0.05, 0) is 52.2 Å². The van der Waals surface area contributed by atoms with E-state index in [1.807, 2.05) is 31.2 Å². The summed E-state index contributed by atoms with van der Waals surface area (Å²) in [6.45, 7) is 1.69. The average Bonchev–Trinajstić information content (AvgIpc) is 2.59. The number of hydrogen-bond acceptors (Lipinski definition) is 3. The predicted octanol–water partition coefficient (Wildman–Crippen LogP) is 3.80. The summed E-state index contributed by atoms with van der Waals surface area (Å²) < 4.78 is 6.05. The third kappa shape index (κ3) is 6.07. The Morgan fingerprint density at radius 3 is 2.64 bits per heavy atom. The van der Waals surface area contributed by atoms with Crippen LogP contribution in [0.4, 0.5) is 5.69 Å². The fourth-order valence-electron chi connectivity index (χ4n) is 2.11. The van der Waals surface area contributed by atoms with Crippen molar-refractivity contribution in [2.24, 2.45) is 0 Å². The van der Waals surface area contributed by atoms with Gasteiger partial charge in [0.15, 0.2) is 6.61 Å². The normalized spacial score (nSPS) is 10.2. The topological polar surface area (TPSA) is 67.4 Å². The lowest BCUT2D eigenvalue weighted by atomic mass is 10.1. The minimum absolute atomic E-state index is 0.123. The highest BCUT2D eigenvalue weighted by atomic mass is 79.9. The Kier molecular flexibility index (Phi) is 7.28. The highest BCUT2D eigenvalue weighted by molar-refractivity contribution is 9.10. The molecule has 0 aliphatic carbocycles. The second-order valence-electron chi connectivity index (χ2n) is 5.20. The van der Waals surface area contributed by atoms with Crippen molar-refractivity contribution in [1.82, 2.24) is 5.32 Å². The number of rotatable bonds is 7. The second kappa shape index (κ2) is 9.44. The molecule has 2 aromatic carbocycles. The Morgan fingerprint density at radius 2 is 1.92 bits per heavy atom. The van der Waals surface area contributed by atoms with E-state index in [2.05, 4.69) is 26.6 Å². The minimum atomic E-state index is -0.388. The molecule has 25 heavy (non-hydrogen) atoms. The van der Waals surface area contributed by atoms with E-state index in [1.54, 1.807) is 18.2 Å². The Morgan fingerprint density at radius 1 is 1.16 bits per heavy atom. The number of anilines is 1. The van der Waals surface area contributed by atoms with Gasteiger partial charge in [-0.2, -0.15) is 0 Å². The molecule has 2 aromatic rings. The lowest BCUT2D eigenvalue weighted by Crippen LogP contribution is -2.35. The molecule has 0 aliphatic rings. The molecule has 0 bridgehead atoms. The van der Waals surface area contributed by atoms with Crippen LogP contribution in [0.2, 0.25) is 5.02 Å². The van der Waals surface area contributed by atoms with Gasteiger partial charge in [-0.3, -0.25) is 9.59 Å². The van der Waals surface area contributed by atoms with Crippen molar-refractivity contribution < 1.29 is 14.3 Å². The molecular weight excluding hydrogens is 408 g/mol. The van der Waals surface area contributed by atoms with Crippen LogP contribution in [-0.4, -0.2) is 25.0 Å². The molecule has 0 spiro atoms. The molecule has 132 valence electrons. The smallest absolute Gasteiger partial charge is 0.258 e. The number of para-hydroxylation sites is 1. The molecule has 0 fully saturated rings. The van der Waals surface area contributed by atoms with Gasteiger partial charge in [0.1, 0.15) is 5.75 Å². The minimum Gasteiger partial charge on any atom is -0.483 e. The molecule has 0 unspecified atom stereocenters. The largest absolute Gasteiger partial charge is 0.483 e. The first-order valence-corrected chi connectivity index (χ1v) is 8.89. The van der Waals surface area contributed by atoms with Crippen molar-refractivity contribution in [3.05, 3.63) is 57.5 Å². The number of amides is 2. The summed E-state index contributed by atoms with van der Waals surface area (Å²) in [5.41, 5.74) is 1.80. The van der Waals surface area contributed by atoms with Gasteiger partial charge in [-0.1, -0.05) is 36.7 Å². The first-order valence-electron chi connectivity index (χ1n) is 7.72. The molecule has 0 radical (unpaired) electrons. The van der Waals surface area contributed by atoms with Crippen LogP contribution in [0.1, 0.15) is 12.5 Å². The number of hydrogen-bond donors (Lipinski definition) is 2. The molecule has 5 nitrogen and oxygen atoms in total.